The van der Waals surface area contributed by atoms with E-state index in [1.807, 2.05) is 26.0 Å². The molecule has 116 valence electrons. The molecule has 0 saturated carbocycles. The molecule has 2 aromatic heterocycles. The van der Waals surface area contributed by atoms with Crippen LogP contribution in [0.1, 0.15) is 11.3 Å². The lowest BCUT2D eigenvalue weighted by atomic mass is 9.96. The third-order valence-electron chi connectivity index (χ3n) is 3.49. The summed E-state index contributed by atoms with van der Waals surface area (Å²) >= 11 is 11.8. The van der Waals surface area contributed by atoms with Gasteiger partial charge >= 0.3 is 0 Å². The second kappa shape index (κ2) is 6.10. The minimum atomic E-state index is -0.333. The maximum absolute atomic E-state index is 12.4. The van der Waals surface area contributed by atoms with E-state index < -0.39 is 0 Å². The van der Waals surface area contributed by atoms with Gasteiger partial charge in [0.15, 0.2) is 5.15 Å². The first-order valence-electron chi connectivity index (χ1n) is 6.83. The minimum absolute atomic E-state index is 0.279. The van der Waals surface area contributed by atoms with Gasteiger partial charge in [-0.1, -0.05) is 35.3 Å². The van der Waals surface area contributed by atoms with Gasteiger partial charge in [-0.3, -0.25) is 4.79 Å². The first kappa shape index (κ1) is 15.6. The summed E-state index contributed by atoms with van der Waals surface area (Å²) in [6.07, 6.45) is 0. The van der Waals surface area contributed by atoms with Gasteiger partial charge in [0.05, 0.1) is 11.3 Å². The third kappa shape index (κ3) is 2.98. The van der Waals surface area contributed by atoms with Gasteiger partial charge in [0.2, 0.25) is 0 Å². The van der Waals surface area contributed by atoms with E-state index in [-0.39, 0.29) is 10.7 Å². The quantitative estimate of drug-likeness (QED) is 0.765. The molecule has 1 N–H and O–H groups in total. The van der Waals surface area contributed by atoms with Crippen molar-refractivity contribution >= 4 is 23.2 Å². The number of aryl methyl sites for hydroxylation is 2. The van der Waals surface area contributed by atoms with Crippen LogP contribution in [-0.4, -0.2) is 20.4 Å². The number of aromatic nitrogens is 4. The summed E-state index contributed by atoms with van der Waals surface area (Å²) in [6.45, 7) is 3.65. The van der Waals surface area contributed by atoms with Gasteiger partial charge in [-0.2, -0.15) is 5.10 Å². The van der Waals surface area contributed by atoms with E-state index in [4.69, 9.17) is 23.2 Å². The Morgan fingerprint density at radius 1 is 1.00 bits per heavy atom. The summed E-state index contributed by atoms with van der Waals surface area (Å²) < 4.78 is 0. The molecule has 0 saturated heterocycles. The maximum atomic E-state index is 12.4. The van der Waals surface area contributed by atoms with Crippen molar-refractivity contribution in [3.8, 4) is 22.4 Å². The zero-order valence-electron chi connectivity index (χ0n) is 12.4. The molecule has 7 heteroatoms. The van der Waals surface area contributed by atoms with Gasteiger partial charge in [-0.15, -0.1) is 10.2 Å². The number of rotatable bonds is 2. The molecule has 0 aliphatic rings. The largest absolute Gasteiger partial charge is 0.274 e. The lowest BCUT2D eigenvalue weighted by Gasteiger charge is -2.12. The van der Waals surface area contributed by atoms with Crippen molar-refractivity contribution in [1.29, 1.82) is 0 Å². The van der Waals surface area contributed by atoms with Gasteiger partial charge in [0, 0.05) is 10.6 Å². The van der Waals surface area contributed by atoms with Crippen LogP contribution in [0, 0.1) is 13.8 Å². The fraction of sp³-hybridized carbons (Fsp3) is 0.125. The highest BCUT2D eigenvalue weighted by molar-refractivity contribution is 6.30. The molecule has 0 aliphatic carbocycles. The fourth-order valence-electron chi connectivity index (χ4n) is 2.44. The number of H-pyrrole nitrogens is 1. The van der Waals surface area contributed by atoms with E-state index in [2.05, 4.69) is 20.4 Å². The van der Waals surface area contributed by atoms with Crippen molar-refractivity contribution in [2.75, 3.05) is 0 Å². The number of benzene rings is 1. The monoisotopic (exact) mass is 346 g/mol. The van der Waals surface area contributed by atoms with E-state index in [0.717, 1.165) is 11.1 Å². The Hall–Kier alpha value is -2.24. The maximum Gasteiger partial charge on any atom is 0.274 e. The van der Waals surface area contributed by atoms with Crippen molar-refractivity contribution in [2.45, 2.75) is 13.8 Å². The molecular formula is C16H12Cl2N4O. The van der Waals surface area contributed by atoms with Gasteiger partial charge in [0.25, 0.3) is 5.56 Å². The lowest BCUT2D eigenvalue weighted by Crippen LogP contribution is -2.15. The van der Waals surface area contributed by atoms with Crippen molar-refractivity contribution in [3.63, 3.8) is 0 Å². The Balaban J connectivity index is 2.34. The number of halogens is 2. The SMILES string of the molecule is Cc1cc(Cl)nnc1-c1c(-c2ccc(Cl)cc2)c(C)n[nH]c1=O. The molecule has 0 aliphatic heterocycles. The summed E-state index contributed by atoms with van der Waals surface area (Å²) in [5.41, 5.74) is 3.53. The first-order valence-corrected chi connectivity index (χ1v) is 7.58. The van der Waals surface area contributed by atoms with Crippen molar-refractivity contribution in [2.24, 2.45) is 0 Å². The van der Waals surface area contributed by atoms with Crippen LogP contribution >= 0.6 is 23.2 Å². The summed E-state index contributed by atoms with van der Waals surface area (Å²) in [7, 11) is 0. The molecule has 2 heterocycles. The molecule has 1 aromatic carbocycles. The van der Waals surface area contributed by atoms with Crippen LogP contribution in [0.2, 0.25) is 10.2 Å². The van der Waals surface area contributed by atoms with E-state index in [1.165, 1.54) is 0 Å². The Labute approximate surface area is 142 Å². The van der Waals surface area contributed by atoms with Crippen molar-refractivity contribution in [1.82, 2.24) is 20.4 Å². The Morgan fingerprint density at radius 2 is 1.70 bits per heavy atom. The van der Waals surface area contributed by atoms with E-state index in [0.29, 0.717) is 27.5 Å². The third-order valence-corrected chi connectivity index (χ3v) is 3.93. The van der Waals surface area contributed by atoms with Gasteiger partial charge in [0.1, 0.15) is 5.69 Å². The summed E-state index contributed by atoms with van der Waals surface area (Å²) in [6, 6.07) is 8.88. The van der Waals surface area contributed by atoms with Crippen LogP contribution in [0.15, 0.2) is 35.1 Å². The van der Waals surface area contributed by atoms with Crippen LogP contribution in [0.5, 0.6) is 0 Å². The fourth-order valence-corrected chi connectivity index (χ4v) is 2.76. The second-order valence-electron chi connectivity index (χ2n) is 5.09. The molecule has 0 spiro atoms. The summed E-state index contributed by atoms with van der Waals surface area (Å²) in [5.74, 6) is 0. The molecule has 23 heavy (non-hydrogen) atoms. The van der Waals surface area contributed by atoms with Gasteiger partial charge < -0.3 is 0 Å². The van der Waals surface area contributed by atoms with Crippen LogP contribution in [0.3, 0.4) is 0 Å². The Kier molecular flexibility index (Phi) is 4.15. The highest BCUT2D eigenvalue weighted by Crippen LogP contribution is 2.32. The number of hydrogen-bond donors (Lipinski definition) is 1. The molecule has 3 rings (SSSR count). The van der Waals surface area contributed by atoms with Crippen LogP contribution in [0.25, 0.3) is 22.4 Å². The van der Waals surface area contributed by atoms with Crippen molar-refractivity contribution < 1.29 is 0 Å². The highest BCUT2D eigenvalue weighted by atomic mass is 35.5. The molecule has 3 aromatic rings. The van der Waals surface area contributed by atoms with Crippen LogP contribution < -0.4 is 5.56 Å². The Bertz CT molecular complexity index is 936. The smallest absolute Gasteiger partial charge is 0.267 e. The average Bonchev–Trinajstić information content (AvgIpc) is 2.51. The van der Waals surface area contributed by atoms with Crippen LogP contribution in [0.4, 0.5) is 0 Å². The van der Waals surface area contributed by atoms with Gasteiger partial charge in [-0.05, 0) is 43.2 Å². The highest BCUT2D eigenvalue weighted by Gasteiger charge is 2.19. The molecular weight excluding hydrogens is 335 g/mol. The number of nitrogens with zero attached hydrogens (tertiary/aromatic N) is 3. The summed E-state index contributed by atoms with van der Waals surface area (Å²) in [5, 5.41) is 15.4. The molecule has 0 bridgehead atoms. The normalized spacial score (nSPS) is 10.8. The standard InChI is InChI=1S/C16H12Cl2N4O/c1-8-7-12(18)20-21-15(8)14-13(9(2)19-22-16(14)23)10-3-5-11(17)6-4-10/h3-7H,1-2H3,(H,22,23). The predicted molar refractivity (Wildman–Crippen MR) is 90.8 cm³/mol. The lowest BCUT2D eigenvalue weighted by molar-refractivity contribution is 0.941. The number of aromatic amines is 1. The molecule has 0 fully saturated rings. The van der Waals surface area contributed by atoms with E-state index >= 15 is 0 Å². The minimum Gasteiger partial charge on any atom is -0.267 e. The number of nitrogens with one attached hydrogen (secondary N) is 1. The van der Waals surface area contributed by atoms with E-state index in [9.17, 15) is 4.79 Å². The zero-order chi connectivity index (χ0) is 16.6. The molecule has 5 nitrogen and oxygen atoms in total. The second-order valence-corrected chi connectivity index (χ2v) is 5.92. The van der Waals surface area contributed by atoms with Crippen LogP contribution in [-0.2, 0) is 0 Å². The number of hydrogen-bond acceptors (Lipinski definition) is 4. The molecule has 0 radical (unpaired) electrons. The van der Waals surface area contributed by atoms with Crippen molar-refractivity contribution in [3.05, 3.63) is 62.1 Å². The Morgan fingerprint density at radius 3 is 2.35 bits per heavy atom. The van der Waals surface area contributed by atoms with Gasteiger partial charge in [-0.25, -0.2) is 5.10 Å². The van der Waals surface area contributed by atoms with E-state index in [1.54, 1.807) is 18.2 Å². The molecule has 0 amide bonds. The summed E-state index contributed by atoms with van der Waals surface area (Å²) in [4.78, 5) is 12.4. The first-order chi connectivity index (χ1) is 11.0. The molecule has 0 unspecified atom stereocenters. The zero-order valence-corrected chi connectivity index (χ0v) is 13.9. The molecule has 0 atom stereocenters. The predicted octanol–water partition coefficient (Wildman–Crippen LogP) is 3.82. The topological polar surface area (TPSA) is 71.5 Å². The average molecular weight is 347 g/mol.